The SMILES string of the molecule is CCCOC.O=CCNP(=O)(Oc1ccccc1)C(F)c1ccc2sc(C(=O)Oc3c(F)c(F)c(F)c(F)c3F)cc2c1. The average Bonchev–Trinajstić information content (AvgIpc) is 3.45. The Morgan fingerprint density at radius 1 is 0.977 bits per heavy atom. The van der Waals surface area contributed by atoms with Crippen LogP contribution in [-0.4, -0.2) is 32.5 Å². The van der Waals surface area contributed by atoms with Gasteiger partial charge in [-0.15, -0.1) is 11.3 Å². The minimum atomic E-state index is -4.35. The Kier molecular flexibility index (Phi) is 11.9. The van der Waals surface area contributed by atoms with Crippen LogP contribution in [0.4, 0.5) is 26.3 Å². The molecule has 1 aromatic heterocycles. The molecule has 0 saturated heterocycles. The molecule has 1 heterocycles. The molecule has 0 bridgehead atoms. The lowest BCUT2D eigenvalue weighted by atomic mass is 10.2. The molecular formula is C28H24F6NO6PS. The van der Waals surface area contributed by atoms with E-state index >= 15 is 4.39 Å². The van der Waals surface area contributed by atoms with Crippen molar-refractivity contribution in [3.8, 4) is 11.5 Å². The zero-order valence-electron chi connectivity index (χ0n) is 22.5. The molecule has 0 saturated carbocycles. The molecule has 2 atom stereocenters. The van der Waals surface area contributed by atoms with Crippen molar-refractivity contribution in [2.75, 3.05) is 20.3 Å². The van der Waals surface area contributed by atoms with E-state index < -0.39 is 60.8 Å². The second-order valence-corrected chi connectivity index (χ2v) is 11.8. The number of carbonyl (C=O) groups excluding carboxylic acids is 2. The number of ether oxygens (including phenoxy) is 2. The number of carbonyl (C=O) groups is 2. The van der Waals surface area contributed by atoms with Crippen molar-refractivity contribution >= 4 is 41.2 Å². The number of aldehydes is 1. The average molecular weight is 648 g/mol. The molecule has 2 unspecified atom stereocenters. The van der Waals surface area contributed by atoms with Crippen molar-refractivity contribution in [2.45, 2.75) is 19.3 Å². The molecule has 4 aromatic rings. The van der Waals surface area contributed by atoms with E-state index in [9.17, 15) is 36.1 Å². The van der Waals surface area contributed by atoms with Crippen LogP contribution in [0.1, 0.15) is 34.5 Å². The molecule has 0 aliphatic heterocycles. The Balaban J connectivity index is 0.000000934. The van der Waals surface area contributed by atoms with Gasteiger partial charge in [-0.3, -0.25) is 4.57 Å². The number of benzene rings is 3. The molecule has 0 radical (unpaired) electrons. The molecule has 0 fully saturated rings. The highest BCUT2D eigenvalue weighted by Gasteiger charge is 2.38. The van der Waals surface area contributed by atoms with Crippen LogP contribution in [0, 0.1) is 29.1 Å². The van der Waals surface area contributed by atoms with Gasteiger partial charge in [-0.2, -0.15) is 8.78 Å². The first kappa shape index (κ1) is 33.8. The Morgan fingerprint density at radius 3 is 2.16 bits per heavy atom. The molecule has 0 amide bonds. The van der Waals surface area contributed by atoms with Crippen molar-refractivity contribution in [3.63, 3.8) is 0 Å². The third-order valence-corrected chi connectivity index (χ3v) is 8.56. The molecule has 43 heavy (non-hydrogen) atoms. The fraction of sp³-hybridized carbons (Fsp3) is 0.214. The summed E-state index contributed by atoms with van der Waals surface area (Å²) in [5, 5.41) is 2.48. The van der Waals surface area contributed by atoms with Crippen molar-refractivity contribution in [3.05, 3.63) is 94.1 Å². The standard InChI is InChI=1S/C24H14F6NO5PS.C4H10O/c25-17-18(26)20(28)22(21(29)19(17)27)35-24(33)16-11-13-10-12(6-7-15(13)38-16)23(30)37(34,31-8-9-32)36-14-4-2-1-3-5-14;1-3-4-5-2/h1-7,9-11,23H,8H2,(H,31,34);3-4H2,1-2H3. The van der Waals surface area contributed by atoms with Crippen molar-refractivity contribution in [2.24, 2.45) is 0 Å². The highest BCUT2D eigenvalue weighted by molar-refractivity contribution is 7.57. The molecule has 1 N–H and O–H groups in total. The third-order valence-electron chi connectivity index (χ3n) is 5.47. The number of thiophene rings is 1. The smallest absolute Gasteiger partial charge is 0.355 e. The van der Waals surface area contributed by atoms with E-state index in [1.807, 2.05) is 0 Å². The van der Waals surface area contributed by atoms with E-state index in [4.69, 9.17) is 9.26 Å². The number of hydrogen-bond donors (Lipinski definition) is 1. The lowest BCUT2D eigenvalue weighted by Crippen LogP contribution is -2.20. The van der Waals surface area contributed by atoms with E-state index in [1.165, 1.54) is 30.3 Å². The minimum Gasteiger partial charge on any atom is -0.431 e. The summed E-state index contributed by atoms with van der Waals surface area (Å²) in [6.07, 6.45) is 1.49. The molecule has 4 rings (SSSR count). The van der Waals surface area contributed by atoms with Gasteiger partial charge in [0.2, 0.25) is 40.7 Å². The van der Waals surface area contributed by atoms with Crippen molar-refractivity contribution in [1.29, 1.82) is 0 Å². The van der Waals surface area contributed by atoms with Crippen LogP contribution < -0.4 is 14.3 Å². The second kappa shape index (κ2) is 15.1. The number of nitrogens with one attached hydrogen (secondary N) is 1. The number of rotatable bonds is 11. The normalized spacial score (nSPS) is 13.0. The summed E-state index contributed by atoms with van der Waals surface area (Å²) in [4.78, 5) is 22.9. The quantitative estimate of drug-likeness (QED) is 0.0337. The third kappa shape index (κ3) is 8.02. The van der Waals surface area contributed by atoms with Gasteiger partial charge in [-0.05, 0) is 47.7 Å². The maximum Gasteiger partial charge on any atom is 0.355 e. The first-order valence-corrected chi connectivity index (χ1v) is 14.9. The van der Waals surface area contributed by atoms with Gasteiger partial charge in [0.25, 0.3) is 0 Å². The molecule has 0 spiro atoms. The maximum absolute atomic E-state index is 15.5. The summed E-state index contributed by atoms with van der Waals surface area (Å²) in [6, 6.07) is 12.6. The van der Waals surface area contributed by atoms with E-state index in [1.54, 1.807) is 25.3 Å². The van der Waals surface area contributed by atoms with Gasteiger partial charge in [0.1, 0.15) is 16.9 Å². The van der Waals surface area contributed by atoms with E-state index in [0.717, 1.165) is 30.4 Å². The second-order valence-electron chi connectivity index (χ2n) is 8.56. The number of para-hydroxylation sites is 1. The largest absolute Gasteiger partial charge is 0.431 e. The number of fused-ring (bicyclic) bond motifs is 1. The summed E-state index contributed by atoms with van der Waals surface area (Å²) < 4.78 is 112. The monoisotopic (exact) mass is 647 g/mol. The molecule has 230 valence electrons. The van der Waals surface area contributed by atoms with Gasteiger partial charge < -0.3 is 18.8 Å². The van der Waals surface area contributed by atoms with Crippen LogP contribution in [0.15, 0.2) is 54.6 Å². The van der Waals surface area contributed by atoms with Gasteiger partial charge in [-0.1, -0.05) is 31.2 Å². The summed E-state index contributed by atoms with van der Waals surface area (Å²) in [7, 11) is -2.64. The Morgan fingerprint density at radius 2 is 1.60 bits per heavy atom. The molecule has 7 nitrogen and oxygen atoms in total. The summed E-state index contributed by atoms with van der Waals surface area (Å²) in [5.41, 5.74) is -0.160. The highest BCUT2D eigenvalue weighted by atomic mass is 32.1. The van der Waals surface area contributed by atoms with Crippen LogP contribution in [0.3, 0.4) is 0 Å². The molecule has 3 aromatic carbocycles. The van der Waals surface area contributed by atoms with Crippen LogP contribution in [0.2, 0.25) is 0 Å². The lowest BCUT2D eigenvalue weighted by molar-refractivity contribution is -0.106. The predicted molar refractivity (Wildman–Crippen MR) is 148 cm³/mol. The fourth-order valence-corrected chi connectivity index (χ4v) is 6.04. The number of alkyl halides is 1. The topological polar surface area (TPSA) is 90.9 Å². The van der Waals surface area contributed by atoms with Crippen LogP contribution in [0.5, 0.6) is 11.5 Å². The van der Waals surface area contributed by atoms with Crippen LogP contribution in [0.25, 0.3) is 10.1 Å². The molecular weight excluding hydrogens is 623 g/mol. The van der Waals surface area contributed by atoms with Gasteiger partial charge in [0.05, 0.1) is 6.54 Å². The summed E-state index contributed by atoms with van der Waals surface area (Å²) in [6.45, 7) is 2.50. The zero-order valence-corrected chi connectivity index (χ0v) is 24.3. The first-order valence-electron chi connectivity index (χ1n) is 12.4. The van der Waals surface area contributed by atoms with Crippen LogP contribution >= 0.6 is 18.9 Å². The van der Waals surface area contributed by atoms with Gasteiger partial charge in [-0.25, -0.2) is 27.4 Å². The maximum atomic E-state index is 15.5. The Bertz CT molecular complexity index is 1610. The van der Waals surface area contributed by atoms with Crippen molar-refractivity contribution < 1.29 is 54.5 Å². The number of hydrogen-bond acceptors (Lipinski definition) is 7. The van der Waals surface area contributed by atoms with Gasteiger partial charge in [0.15, 0.2) is 0 Å². The molecule has 0 aliphatic rings. The van der Waals surface area contributed by atoms with Gasteiger partial charge in [0, 0.05) is 18.4 Å². The summed E-state index contributed by atoms with van der Waals surface area (Å²) in [5.74, 6) is -17.0. The number of methoxy groups -OCH3 is 1. The first-order chi connectivity index (χ1) is 20.5. The predicted octanol–water partition coefficient (Wildman–Crippen LogP) is 7.89. The van der Waals surface area contributed by atoms with E-state index in [2.05, 4.69) is 16.7 Å². The number of esters is 1. The van der Waals surface area contributed by atoms with Gasteiger partial charge >= 0.3 is 13.5 Å². The Hall–Kier alpha value is -3.71. The molecule has 15 heteroatoms. The highest BCUT2D eigenvalue weighted by Crippen LogP contribution is 2.57. The molecule has 0 aliphatic carbocycles. The minimum absolute atomic E-state index is 0.0756. The van der Waals surface area contributed by atoms with Crippen molar-refractivity contribution in [1.82, 2.24) is 5.09 Å². The number of halogens is 6. The van der Waals surface area contributed by atoms with E-state index in [0.29, 0.717) is 11.0 Å². The lowest BCUT2D eigenvalue weighted by Gasteiger charge is -2.23. The van der Waals surface area contributed by atoms with E-state index in [-0.39, 0.29) is 21.6 Å². The van der Waals surface area contributed by atoms with Crippen LogP contribution in [-0.2, 0) is 14.1 Å². The Labute approximate surface area is 245 Å². The summed E-state index contributed by atoms with van der Waals surface area (Å²) >= 11 is 0.727. The zero-order chi connectivity index (χ0) is 31.7. The fourth-order valence-electron chi connectivity index (χ4n) is 3.49.